The Balaban J connectivity index is 2.89. The molecule has 2 heteroatoms. The topological polar surface area (TPSA) is 34.1 Å². The summed E-state index contributed by atoms with van der Waals surface area (Å²) < 4.78 is 0. The summed E-state index contributed by atoms with van der Waals surface area (Å²) in [4.78, 5) is 24.5. The third-order valence-corrected chi connectivity index (χ3v) is 4.66. The van der Waals surface area contributed by atoms with Gasteiger partial charge in [0.05, 0.1) is 5.92 Å². The molecule has 2 unspecified atom stereocenters. The third-order valence-electron chi connectivity index (χ3n) is 4.66. The Bertz CT molecular complexity index is 567. The van der Waals surface area contributed by atoms with Crippen LogP contribution in [0.2, 0.25) is 0 Å². The van der Waals surface area contributed by atoms with Gasteiger partial charge in [0.1, 0.15) is 0 Å². The number of hydrogen-bond acceptors (Lipinski definition) is 2. The summed E-state index contributed by atoms with van der Waals surface area (Å²) in [6.45, 7) is 11.8. The highest BCUT2D eigenvalue weighted by Gasteiger charge is 2.38. The van der Waals surface area contributed by atoms with Crippen molar-refractivity contribution in [2.75, 3.05) is 0 Å². The Kier molecular flexibility index (Phi) is 2.92. The lowest BCUT2D eigenvalue weighted by Gasteiger charge is -2.30. The van der Waals surface area contributed by atoms with Gasteiger partial charge < -0.3 is 0 Å². The molecule has 0 saturated carbocycles. The van der Waals surface area contributed by atoms with Gasteiger partial charge in [0.25, 0.3) is 0 Å². The molecule has 1 aromatic carbocycles. The zero-order chi connectivity index (χ0) is 13.8. The number of hydrogen-bond donors (Lipinski definition) is 0. The monoisotopic (exact) mass is 244 g/mol. The molecule has 2 rings (SSSR count). The lowest BCUT2D eigenvalue weighted by molar-refractivity contribution is -0.122. The molecule has 1 aliphatic carbocycles. The summed E-state index contributed by atoms with van der Waals surface area (Å²) in [5.41, 5.74) is 6.29. The molecule has 0 heterocycles. The Morgan fingerprint density at radius 2 is 1.22 bits per heavy atom. The quantitative estimate of drug-likeness (QED) is 0.655. The first-order valence-electron chi connectivity index (χ1n) is 6.47. The molecule has 2 nitrogen and oxygen atoms in total. The Labute approximate surface area is 108 Å². The van der Waals surface area contributed by atoms with Gasteiger partial charge in [0, 0.05) is 11.5 Å². The first-order chi connectivity index (χ1) is 8.29. The van der Waals surface area contributed by atoms with E-state index in [1.165, 1.54) is 11.1 Å². The fourth-order valence-electron chi connectivity index (χ4n) is 3.06. The number of carbonyl (C=O) groups is 2. The van der Waals surface area contributed by atoms with Crippen LogP contribution < -0.4 is 0 Å². The van der Waals surface area contributed by atoms with Crippen molar-refractivity contribution in [2.24, 2.45) is 5.92 Å². The minimum atomic E-state index is -0.493. The van der Waals surface area contributed by atoms with Crippen LogP contribution in [0.3, 0.4) is 0 Å². The van der Waals surface area contributed by atoms with Gasteiger partial charge in [-0.1, -0.05) is 6.92 Å². The van der Waals surface area contributed by atoms with Gasteiger partial charge in [-0.2, -0.15) is 0 Å². The second kappa shape index (κ2) is 4.04. The number of benzene rings is 1. The van der Waals surface area contributed by atoms with Crippen LogP contribution in [0.25, 0.3) is 0 Å². The van der Waals surface area contributed by atoms with Crippen molar-refractivity contribution in [1.82, 2.24) is 0 Å². The van der Waals surface area contributed by atoms with Crippen LogP contribution in [0.4, 0.5) is 0 Å². The lowest BCUT2D eigenvalue weighted by Crippen LogP contribution is -2.34. The van der Waals surface area contributed by atoms with Gasteiger partial charge in [0.2, 0.25) is 0 Å². The van der Waals surface area contributed by atoms with Crippen LogP contribution in [0.5, 0.6) is 0 Å². The van der Waals surface area contributed by atoms with E-state index in [4.69, 9.17) is 0 Å². The highest BCUT2D eigenvalue weighted by Crippen LogP contribution is 2.38. The molecular formula is C16H20O2. The van der Waals surface area contributed by atoms with E-state index in [0.29, 0.717) is 0 Å². The fraction of sp³-hybridized carbons (Fsp3) is 0.500. The zero-order valence-electron chi connectivity index (χ0n) is 12.0. The highest BCUT2D eigenvalue weighted by molar-refractivity contribution is 6.17. The van der Waals surface area contributed by atoms with E-state index in [0.717, 1.165) is 22.3 Å². The Morgan fingerprint density at radius 3 is 1.78 bits per heavy atom. The predicted octanol–water partition coefficient (Wildman–Crippen LogP) is 3.43. The minimum absolute atomic E-state index is 0.00296. The average molecular weight is 244 g/mol. The molecule has 0 bridgehead atoms. The van der Waals surface area contributed by atoms with Crippen molar-refractivity contribution in [3.63, 3.8) is 0 Å². The second-order valence-electron chi connectivity index (χ2n) is 5.50. The third kappa shape index (κ3) is 1.48. The van der Waals surface area contributed by atoms with Crippen molar-refractivity contribution >= 4 is 11.6 Å². The molecule has 96 valence electrons. The Hall–Kier alpha value is -1.44. The molecule has 1 aliphatic rings. The summed E-state index contributed by atoms with van der Waals surface area (Å²) in [6, 6.07) is 0. The number of carbonyl (C=O) groups excluding carboxylic acids is 2. The van der Waals surface area contributed by atoms with Crippen molar-refractivity contribution < 1.29 is 9.59 Å². The second-order valence-corrected chi connectivity index (χ2v) is 5.50. The predicted molar refractivity (Wildman–Crippen MR) is 72.3 cm³/mol. The van der Waals surface area contributed by atoms with Gasteiger partial charge in [0.15, 0.2) is 11.6 Å². The van der Waals surface area contributed by atoms with Gasteiger partial charge >= 0.3 is 0 Å². The van der Waals surface area contributed by atoms with Crippen molar-refractivity contribution in [3.8, 4) is 0 Å². The molecule has 0 N–H and O–H groups in total. The number of rotatable bonds is 0. The molecule has 18 heavy (non-hydrogen) atoms. The molecule has 0 aromatic heterocycles. The number of Topliss-reactive ketones (excluding diaryl/α,β-unsaturated/α-hetero) is 2. The Morgan fingerprint density at radius 1 is 0.722 bits per heavy atom. The molecule has 0 radical (unpaired) electrons. The SMILES string of the molecule is Cc1c(C)c(C)c2c(c1C)C(=O)C(C)C(=O)C2C. The van der Waals surface area contributed by atoms with E-state index >= 15 is 0 Å². The summed E-state index contributed by atoms with van der Waals surface area (Å²) >= 11 is 0. The van der Waals surface area contributed by atoms with Crippen molar-refractivity contribution in [2.45, 2.75) is 47.5 Å². The number of ketones is 2. The normalized spacial score (nSPS) is 23.2. The summed E-state index contributed by atoms with van der Waals surface area (Å²) in [5, 5.41) is 0. The summed E-state index contributed by atoms with van der Waals surface area (Å²) in [7, 11) is 0. The maximum atomic E-state index is 12.4. The molecule has 0 saturated heterocycles. The average Bonchev–Trinajstić information content (AvgIpc) is 2.35. The van der Waals surface area contributed by atoms with Crippen molar-refractivity contribution in [3.05, 3.63) is 33.4 Å². The maximum absolute atomic E-state index is 12.4. The standard InChI is InChI=1S/C16H20O2/c1-7-8(2)10(4)14-13(9(7)3)11(5)15(17)12(6)16(14)18/h11-12H,1-6H3. The zero-order valence-corrected chi connectivity index (χ0v) is 12.0. The molecule has 0 aliphatic heterocycles. The van der Waals surface area contributed by atoms with Crippen LogP contribution in [-0.4, -0.2) is 11.6 Å². The van der Waals surface area contributed by atoms with Crippen LogP contribution in [0.15, 0.2) is 0 Å². The number of fused-ring (bicyclic) bond motifs is 1. The maximum Gasteiger partial charge on any atom is 0.173 e. The molecule has 0 fully saturated rings. The first-order valence-corrected chi connectivity index (χ1v) is 6.47. The molecule has 0 spiro atoms. The summed E-state index contributed by atoms with van der Waals surface area (Å²) in [6.07, 6.45) is 0. The van der Waals surface area contributed by atoms with E-state index in [1.807, 2.05) is 20.8 Å². The molecular weight excluding hydrogens is 224 g/mol. The molecule has 0 amide bonds. The van der Waals surface area contributed by atoms with E-state index in [9.17, 15) is 9.59 Å². The first kappa shape index (κ1) is 13.0. The van der Waals surface area contributed by atoms with Gasteiger partial charge in [-0.05, 0) is 62.4 Å². The molecule has 1 aromatic rings. The largest absolute Gasteiger partial charge is 0.298 e. The van der Waals surface area contributed by atoms with Gasteiger partial charge in [-0.25, -0.2) is 0 Å². The van der Waals surface area contributed by atoms with Crippen LogP contribution in [-0.2, 0) is 4.79 Å². The van der Waals surface area contributed by atoms with Crippen molar-refractivity contribution in [1.29, 1.82) is 0 Å². The smallest absolute Gasteiger partial charge is 0.173 e. The van der Waals surface area contributed by atoms with Crippen LogP contribution in [0, 0.1) is 33.6 Å². The van der Waals surface area contributed by atoms with E-state index in [2.05, 4.69) is 13.8 Å². The summed E-state index contributed by atoms with van der Waals surface area (Å²) in [5.74, 6) is -0.603. The fourth-order valence-corrected chi connectivity index (χ4v) is 3.06. The highest BCUT2D eigenvalue weighted by atomic mass is 16.2. The molecule has 2 atom stereocenters. The van der Waals surface area contributed by atoms with E-state index in [-0.39, 0.29) is 17.5 Å². The van der Waals surface area contributed by atoms with E-state index in [1.54, 1.807) is 6.92 Å². The lowest BCUT2D eigenvalue weighted by atomic mass is 9.71. The van der Waals surface area contributed by atoms with Gasteiger partial charge in [-0.15, -0.1) is 0 Å². The minimum Gasteiger partial charge on any atom is -0.298 e. The van der Waals surface area contributed by atoms with Crippen LogP contribution >= 0.6 is 0 Å². The van der Waals surface area contributed by atoms with Gasteiger partial charge in [-0.3, -0.25) is 9.59 Å². The van der Waals surface area contributed by atoms with Crippen LogP contribution in [0.1, 0.15) is 57.9 Å². The van der Waals surface area contributed by atoms with E-state index < -0.39 is 5.92 Å².